The number of nitrogens with one attached hydrogen (secondary N) is 1. The van der Waals surface area contributed by atoms with E-state index in [1.54, 1.807) is 30.3 Å². The number of amides is 1. The van der Waals surface area contributed by atoms with E-state index in [1.807, 2.05) is 0 Å². The lowest BCUT2D eigenvalue weighted by molar-refractivity contribution is -0.143. The minimum Gasteiger partial charge on any atom is -0.395 e. The average Bonchev–Trinajstić information content (AvgIpc) is 3.98. The Morgan fingerprint density at radius 1 is 0.698 bits per heavy atom. The molecule has 5 aromatic rings. The van der Waals surface area contributed by atoms with Gasteiger partial charge in [0.25, 0.3) is 0 Å². The van der Waals surface area contributed by atoms with Gasteiger partial charge in [-0.1, -0.05) is 30.3 Å². The molecule has 1 amide bonds. The molecule has 0 aliphatic carbocycles. The molecule has 1 aromatic carbocycles. The number of alkyl halides is 9. The number of hydrogen-bond acceptors (Lipinski definition) is 13. The monoisotopic (exact) mass is 968 g/mol. The fourth-order valence-corrected chi connectivity index (χ4v) is 8.65. The van der Waals surface area contributed by atoms with Gasteiger partial charge in [-0.3, -0.25) is 18.7 Å². The number of carbonyl (C=O) groups excluding carboxylic acids is 1. The fraction of sp³-hybridized carbons (Fsp3) is 0.406. The SMILES string of the molecule is Cc1cn(CC(F)(F)F)nc1S(=O)(=O)n1cc2c(n1)CN(C(=O)[C@@H](CO)c1ccccc1)C2.Cc1cn(CC(F)(F)F)nc1S(=O)(=O)n1cc2c(n1)CNC2.O=S(=O)(O)C(F)(F)F. The van der Waals surface area contributed by atoms with Crippen molar-refractivity contribution in [2.75, 3.05) is 6.61 Å². The van der Waals surface area contributed by atoms with E-state index in [4.69, 9.17) is 13.0 Å². The van der Waals surface area contributed by atoms with Crippen molar-refractivity contribution < 1.29 is 79.2 Å². The van der Waals surface area contributed by atoms with E-state index < -0.39 is 77.1 Å². The second-order valence-electron chi connectivity index (χ2n) is 13.7. The van der Waals surface area contributed by atoms with Crippen molar-refractivity contribution in [1.29, 1.82) is 0 Å². The second-order valence-corrected chi connectivity index (χ2v) is 18.5. The molecule has 7 rings (SSSR count). The fourth-order valence-electron chi connectivity index (χ4n) is 6.02. The third-order valence-electron chi connectivity index (χ3n) is 8.77. The van der Waals surface area contributed by atoms with Crippen LogP contribution < -0.4 is 5.32 Å². The van der Waals surface area contributed by atoms with Crippen LogP contribution >= 0.6 is 0 Å². The van der Waals surface area contributed by atoms with Gasteiger partial charge in [-0.05, 0) is 19.4 Å². The van der Waals surface area contributed by atoms with Crippen LogP contribution in [-0.2, 0) is 74.2 Å². The van der Waals surface area contributed by atoms with E-state index in [0.29, 0.717) is 49.1 Å². The number of aliphatic hydroxyl groups is 1. The molecule has 0 saturated heterocycles. The Bertz CT molecular complexity index is 2760. The van der Waals surface area contributed by atoms with Crippen molar-refractivity contribution in [3.8, 4) is 0 Å². The quantitative estimate of drug-likeness (QED) is 0.109. The predicted molar refractivity (Wildman–Crippen MR) is 194 cm³/mol. The zero-order valence-electron chi connectivity index (χ0n) is 32.1. The summed E-state index contributed by atoms with van der Waals surface area (Å²) in [6.07, 6.45) is -4.37. The first kappa shape index (κ1) is 48.7. The maximum absolute atomic E-state index is 12.9. The van der Waals surface area contributed by atoms with Crippen molar-refractivity contribution in [2.45, 2.75) is 86.9 Å². The van der Waals surface area contributed by atoms with Crippen LogP contribution in [0.25, 0.3) is 0 Å². The molecule has 0 saturated carbocycles. The first-order valence-electron chi connectivity index (χ1n) is 17.5. The van der Waals surface area contributed by atoms with Gasteiger partial charge in [0.2, 0.25) is 16.0 Å². The standard InChI is InChI=1S/C20H20F3N5O4S.C11H12F3N5O2S.CHF3O3S/c1-13-7-27(12-20(21,22)23)25-18(13)33(31,32)28-9-15-8-26(10-17(15)24-28)19(30)16(11-29)14-5-3-2-4-6-14;1-7-4-18(6-11(12,13)14)17-10(7)22(20,21)19-5-8-2-15-3-9(8)16-19;2-1(3,4)8(5,6)7/h2-7,9,16,29H,8,10-12H2,1H3;4-5,15H,2-3,6H2,1H3;(H,5,6,7)/t16-;;/m0../s1. The molecule has 3 N–H and O–H groups in total. The summed E-state index contributed by atoms with van der Waals surface area (Å²) < 4.78 is 186. The summed E-state index contributed by atoms with van der Waals surface area (Å²) in [4.78, 5) is 14.4. The minimum absolute atomic E-state index is 0.0432. The van der Waals surface area contributed by atoms with Gasteiger partial charge in [-0.25, -0.2) is 0 Å². The highest BCUT2D eigenvalue weighted by atomic mass is 32.2. The molecule has 0 spiro atoms. The van der Waals surface area contributed by atoms with Gasteiger partial charge < -0.3 is 15.3 Å². The average molecular weight is 969 g/mol. The van der Waals surface area contributed by atoms with Gasteiger partial charge >= 0.3 is 48.0 Å². The maximum Gasteiger partial charge on any atom is 0.522 e. The molecule has 63 heavy (non-hydrogen) atoms. The zero-order chi connectivity index (χ0) is 47.1. The van der Waals surface area contributed by atoms with E-state index in [9.17, 15) is 66.3 Å². The smallest absolute Gasteiger partial charge is 0.395 e. The first-order valence-corrected chi connectivity index (χ1v) is 21.8. The minimum atomic E-state index is -5.84. The van der Waals surface area contributed by atoms with Crippen molar-refractivity contribution in [3.05, 3.63) is 94.3 Å². The number of fused-ring (bicyclic) bond motifs is 2. The largest absolute Gasteiger partial charge is 0.522 e. The number of nitrogens with zero attached hydrogens (tertiary/aromatic N) is 9. The highest BCUT2D eigenvalue weighted by molar-refractivity contribution is 7.90. The van der Waals surface area contributed by atoms with Crippen molar-refractivity contribution >= 4 is 36.1 Å². The van der Waals surface area contributed by atoms with Crippen LogP contribution in [0.2, 0.25) is 0 Å². The van der Waals surface area contributed by atoms with Crippen LogP contribution in [0, 0.1) is 13.8 Å². The molecule has 2 aliphatic heterocycles. The van der Waals surface area contributed by atoms with Crippen molar-refractivity contribution in [3.63, 3.8) is 0 Å². The van der Waals surface area contributed by atoms with Crippen LogP contribution in [-0.4, -0.2) is 108 Å². The van der Waals surface area contributed by atoms with E-state index in [-0.39, 0.29) is 36.7 Å². The first-order chi connectivity index (χ1) is 28.9. The van der Waals surface area contributed by atoms with E-state index in [1.165, 1.54) is 31.1 Å². The van der Waals surface area contributed by atoms with Gasteiger partial charge in [0.05, 0.1) is 30.5 Å². The third-order valence-corrected chi connectivity index (χ3v) is 12.5. The van der Waals surface area contributed by atoms with Crippen molar-refractivity contribution in [1.82, 2.24) is 48.1 Å². The Morgan fingerprint density at radius 3 is 1.57 bits per heavy atom. The normalized spacial score (nSPS) is 15.0. The number of rotatable bonds is 9. The molecule has 1 atom stereocenters. The summed E-state index contributed by atoms with van der Waals surface area (Å²) in [5, 5.41) is 27.0. The zero-order valence-corrected chi connectivity index (χ0v) is 34.6. The lowest BCUT2D eigenvalue weighted by atomic mass is 9.98. The predicted octanol–water partition coefficient (Wildman–Crippen LogP) is 2.99. The van der Waals surface area contributed by atoms with Gasteiger partial charge in [0.15, 0.2) is 0 Å². The van der Waals surface area contributed by atoms with E-state index in [0.717, 1.165) is 22.0 Å². The lowest BCUT2D eigenvalue weighted by Gasteiger charge is -2.22. The summed E-state index contributed by atoms with van der Waals surface area (Å²) >= 11 is 0. The molecule has 346 valence electrons. The molecule has 4 aromatic heterocycles. The highest BCUT2D eigenvalue weighted by Gasteiger charge is 2.44. The van der Waals surface area contributed by atoms with Crippen LogP contribution in [0.15, 0.2) is 65.2 Å². The van der Waals surface area contributed by atoms with Crippen LogP contribution in [0.4, 0.5) is 39.5 Å². The Labute approximate surface area is 350 Å². The Hall–Kier alpha value is -5.37. The number of aromatic nitrogens is 8. The molecular formula is C32H33F9N10O9S3. The van der Waals surface area contributed by atoms with Crippen LogP contribution in [0.1, 0.15) is 45.1 Å². The van der Waals surface area contributed by atoms with Gasteiger partial charge in [0, 0.05) is 66.7 Å². The summed E-state index contributed by atoms with van der Waals surface area (Å²) in [6, 6.07) is 8.79. The van der Waals surface area contributed by atoms with Gasteiger partial charge in [0.1, 0.15) is 13.1 Å². The summed E-state index contributed by atoms with van der Waals surface area (Å²) in [6.45, 7) is 0.702. The molecule has 6 heterocycles. The molecular weight excluding hydrogens is 936 g/mol. The molecule has 19 nitrogen and oxygen atoms in total. The van der Waals surface area contributed by atoms with Gasteiger partial charge in [-0.2, -0.15) is 93.3 Å². The van der Waals surface area contributed by atoms with Crippen molar-refractivity contribution in [2.24, 2.45) is 0 Å². The molecule has 0 unspecified atom stereocenters. The number of aryl methyl sites for hydroxylation is 2. The second kappa shape index (κ2) is 17.7. The Balaban J connectivity index is 0.000000214. The summed E-state index contributed by atoms with van der Waals surface area (Å²) in [5.74, 6) is -1.08. The number of hydrogen-bond donors (Lipinski definition) is 3. The molecule has 31 heteroatoms. The number of aliphatic hydroxyl groups excluding tert-OH is 1. The van der Waals surface area contributed by atoms with E-state index >= 15 is 0 Å². The number of carbonyl (C=O) groups is 1. The number of benzene rings is 1. The molecule has 0 radical (unpaired) electrons. The summed E-state index contributed by atoms with van der Waals surface area (Å²) in [5.41, 5.74) is -2.49. The Morgan fingerprint density at radius 2 is 1.16 bits per heavy atom. The summed E-state index contributed by atoms with van der Waals surface area (Å²) in [7, 11) is -14.3. The topological polar surface area (TPSA) is 246 Å². The maximum atomic E-state index is 12.9. The molecule has 0 fully saturated rings. The van der Waals surface area contributed by atoms with Crippen LogP contribution in [0.5, 0.6) is 0 Å². The Kier molecular flexibility index (Phi) is 13.6. The highest BCUT2D eigenvalue weighted by Crippen LogP contribution is 2.29. The third kappa shape index (κ3) is 11.4. The molecule has 2 aliphatic rings. The van der Waals surface area contributed by atoms with Crippen LogP contribution in [0.3, 0.4) is 0 Å². The van der Waals surface area contributed by atoms with E-state index in [2.05, 4.69) is 25.7 Å². The molecule has 0 bridgehead atoms. The number of halogens is 9. The lowest BCUT2D eigenvalue weighted by Crippen LogP contribution is -2.33. The van der Waals surface area contributed by atoms with Gasteiger partial charge in [-0.15, -0.1) is 0 Å².